The maximum Gasteiger partial charge on any atom is 0.284 e. The van der Waals surface area contributed by atoms with Gasteiger partial charge in [-0.3, -0.25) is 4.79 Å². The number of nitrogens with one attached hydrogen (secondary N) is 2. The molecule has 0 aliphatic carbocycles. The summed E-state index contributed by atoms with van der Waals surface area (Å²) in [5, 5.41) is 12.8. The van der Waals surface area contributed by atoms with E-state index in [4.69, 9.17) is 21.4 Å². The van der Waals surface area contributed by atoms with Gasteiger partial charge in [0.25, 0.3) is 16.3 Å². The second-order valence-corrected chi connectivity index (χ2v) is 4.52. The van der Waals surface area contributed by atoms with Crippen LogP contribution in [0.15, 0.2) is 39.5 Å². The summed E-state index contributed by atoms with van der Waals surface area (Å²) >= 11 is 4.81. The molecule has 0 radical (unpaired) electrons. The molecule has 106 valence electrons. The summed E-state index contributed by atoms with van der Waals surface area (Å²) in [6, 6.07) is 8.91. The van der Waals surface area contributed by atoms with Crippen molar-refractivity contribution in [2.75, 3.05) is 7.11 Å². The Morgan fingerprint density at radius 3 is 2.81 bits per heavy atom. The number of rotatable bonds is 3. The number of hydrogen-bond donors (Lipinski definition) is 2. The van der Waals surface area contributed by atoms with E-state index in [-0.39, 0.29) is 16.3 Å². The minimum atomic E-state index is -0.410. The van der Waals surface area contributed by atoms with Crippen LogP contribution in [0.4, 0.5) is 0 Å². The molecular weight excluding hydrogens is 292 g/mol. The van der Waals surface area contributed by atoms with E-state index in [1.54, 1.807) is 13.2 Å². The maximum atomic E-state index is 11.8. The van der Waals surface area contributed by atoms with E-state index in [1.165, 1.54) is 0 Å². The molecule has 2 heterocycles. The first-order valence-electron chi connectivity index (χ1n) is 5.97. The molecule has 0 aliphatic heterocycles. The summed E-state index contributed by atoms with van der Waals surface area (Å²) in [5.41, 5.74) is 1.19. The Morgan fingerprint density at radius 2 is 2.10 bits per heavy atom. The topological polar surface area (TPSA) is 96.8 Å². The summed E-state index contributed by atoms with van der Waals surface area (Å²) in [6.07, 6.45) is 0. The monoisotopic (exact) mass is 302 g/mol. The summed E-state index contributed by atoms with van der Waals surface area (Å²) in [6.45, 7) is 0. The first kappa shape index (κ1) is 13.3. The quantitative estimate of drug-likeness (QED) is 0.720. The van der Waals surface area contributed by atoms with Crippen molar-refractivity contribution >= 4 is 12.2 Å². The Kier molecular flexibility index (Phi) is 3.36. The predicted molar refractivity (Wildman–Crippen MR) is 77.5 cm³/mol. The third-order valence-electron chi connectivity index (χ3n) is 2.84. The highest BCUT2D eigenvalue weighted by Gasteiger charge is 2.12. The number of ether oxygens (including phenoxy) is 1. The van der Waals surface area contributed by atoms with E-state index in [9.17, 15) is 4.79 Å². The number of H-pyrrole nitrogens is 2. The molecule has 2 N–H and O–H groups in total. The Labute approximate surface area is 123 Å². The van der Waals surface area contributed by atoms with Crippen LogP contribution in [0, 0.1) is 4.84 Å². The van der Waals surface area contributed by atoms with Gasteiger partial charge in [-0.2, -0.15) is 5.10 Å². The summed E-state index contributed by atoms with van der Waals surface area (Å²) in [4.78, 5) is 11.9. The van der Waals surface area contributed by atoms with Gasteiger partial charge in [0.05, 0.1) is 12.8 Å². The van der Waals surface area contributed by atoms with Gasteiger partial charge < -0.3 is 9.15 Å². The summed E-state index contributed by atoms with van der Waals surface area (Å²) < 4.78 is 10.3. The van der Waals surface area contributed by atoms with Gasteiger partial charge >= 0.3 is 0 Å². The molecule has 3 rings (SSSR count). The summed E-state index contributed by atoms with van der Waals surface area (Å²) in [5.74, 6) is 0.812. The van der Waals surface area contributed by atoms with Gasteiger partial charge in [0.2, 0.25) is 0 Å². The normalized spacial score (nSPS) is 10.5. The minimum Gasteiger partial charge on any atom is -0.497 e. The fourth-order valence-corrected chi connectivity index (χ4v) is 1.96. The zero-order valence-corrected chi connectivity index (χ0v) is 11.7. The van der Waals surface area contributed by atoms with Crippen molar-refractivity contribution in [3.63, 3.8) is 0 Å². The molecule has 0 atom stereocenters. The van der Waals surface area contributed by atoms with Crippen molar-refractivity contribution < 1.29 is 9.15 Å². The lowest BCUT2D eigenvalue weighted by molar-refractivity contribution is 0.415. The van der Waals surface area contributed by atoms with Crippen molar-refractivity contribution in [1.29, 1.82) is 0 Å². The maximum absolute atomic E-state index is 11.8. The number of benzene rings is 1. The Bertz CT molecular complexity index is 896. The van der Waals surface area contributed by atoms with Crippen LogP contribution in [0.2, 0.25) is 0 Å². The number of aromatic nitrogens is 4. The van der Waals surface area contributed by atoms with Crippen LogP contribution in [0.5, 0.6) is 5.75 Å². The number of aromatic amines is 2. The van der Waals surface area contributed by atoms with Crippen molar-refractivity contribution in [1.82, 2.24) is 20.4 Å². The minimum absolute atomic E-state index is 0.101. The zero-order valence-electron chi connectivity index (χ0n) is 10.9. The zero-order chi connectivity index (χ0) is 14.8. The third kappa shape index (κ3) is 2.61. The van der Waals surface area contributed by atoms with Gasteiger partial charge in [0.15, 0.2) is 0 Å². The fourth-order valence-electron chi connectivity index (χ4n) is 1.84. The lowest BCUT2D eigenvalue weighted by atomic mass is 10.1. The molecule has 1 aromatic carbocycles. The number of nitrogens with zero attached hydrogens (tertiary/aromatic N) is 2. The van der Waals surface area contributed by atoms with Crippen LogP contribution >= 0.6 is 12.2 Å². The van der Waals surface area contributed by atoms with Gasteiger partial charge in [-0.05, 0) is 30.4 Å². The van der Waals surface area contributed by atoms with Gasteiger partial charge in [0, 0.05) is 5.56 Å². The third-order valence-corrected chi connectivity index (χ3v) is 3.01. The second kappa shape index (κ2) is 5.33. The van der Waals surface area contributed by atoms with Gasteiger partial charge in [0.1, 0.15) is 11.3 Å². The molecule has 0 amide bonds. The standard InChI is InChI=1S/C13H10N4O3S/c1-19-8-4-2-3-7(5-8)10-6-9(11(18)15-14-10)12-16-17-13(21)20-12/h2-6H,1H3,(H,15,18)(H,17,21). The second-order valence-electron chi connectivity index (χ2n) is 4.15. The molecule has 2 aromatic heterocycles. The van der Waals surface area contributed by atoms with E-state index in [1.807, 2.05) is 24.3 Å². The molecule has 0 spiro atoms. The molecule has 0 saturated heterocycles. The van der Waals surface area contributed by atoms with Gasteiger partial charge in [-0.15, -0.1) is 5.10 Å². The SMILES string of the molecule is COc1cccc(-c2cc(-c3n[nH]c(=S)o3)c(=O)[nH]n2)c1. The smallest absolute Gasteiger partial charge is 0.284 e. The van der Waals surface area contributed by atoms with Crippen LogP contribution in [0.3, 0.4) is 0 Å². The molecule has 7 nitrogen and oxygen atoms in total. The van der Waals surface area contributed by atoms with Gasteiger partial charge in [-0.1, -0.05) is 12.1 Å². The van der Waals surface area contributed by atoms with Crippen LogP contribution in [0.1, 0.15) is 0 Å². The molecule has 0 unspecified atom stereocenters. The molecule has 21 heavy (non-hydrogen) atoms. The molecule has 3 aromatic rings. The van der Waals surface area contributed by atoms with E-state index >= 15 is 0 Å². The average Bonchev–Trinajstić information content (AvgIpc) is 2.94. The number of methoxy groups -OCH3 is 1. The van der Waals surface area contributed by atoms with E-state index in [2.05, 4.69) is 20.4 Å². The Morgan fingerprint density at radius 1 is 1.24 bits per heavy atom. The van der Waals surface area contributed by atoms with Crippen molar-refractivity contribution in [3.8, 4) is 28.5 Å². The van der Waals surface area contributed by atoms with Crippen LogP contribution in [-0.4, -0.2) is 27.5 Å². The largest absolute Gasteiger partial charge is 0.497 e. The average molecular weight is 302 g/mol. The number of hydrogen-bond acceptors (Lipinski definition) is 6. The first-order chi connectivity index (χ1) is 10.2. The van der Waals surface area contributed by atoms with E-state index < -0.39 is 5.56 Å². The predicted octanol–water partition coefficient (Wildman–Crippen LogP) is 2.16. The Hall–Kier alpha value is -2.74. The van der Waals surface area contributed by atoms with Crippen LogP contribution in [-0.2, 0) is 0 Å². The van der Waals surface area contributed by atoms with E-state index in [0.29, 0.717) is 11.4 Å². The molecule has 0 fully saturated rings. The highest BCUT2D eigenvalue weighted by atomic mass is 32.1. The van der Waals surface area contributed by atoms with Crippen LogP contribution < -0.4 is 10.3 Å². The fraction of sp³-hybridized carbons (Fsp3) is 0.0769. The highest BCUT2D eigenvalue weighted by molar-refractivity contribution is 7.71. The van der Waals surface area contributed by atoms with E-state index in [0.717, 1.165) is 5.56 Å². The molecule has 0 bridgehead atoms. The lowest BCUT2D eigenvalue weighted by Gasteiger charge is -2.04. The van der Waals surface area contributed by atoms with Crippen molar-refractivity contribution in [2.24, 2.45) is 0 Å². The Balaban J connectivity index is 2.13. The molecule has 0 aliphatic rings. The molecule has 8 heteroatoms. The molecule has 0 saturated carbocycles. The van der Waals surface area contributed by atoms with Crippen molar-refractivity contribution in [3.05, 3.63) is 45.5 Å². The van der Waals surface area contributed by atoms with Crippen molar-refractivity contribution in [2.45, 2.75) is 0 Å². The highest BCUT2D eigenvalue weighted by Crippen LogP contribution is 2.23. The summed E-state index contributed by atoms with van der Waals surface area (Å²) in [7, 11) is 1.58. The van der Waals surface area contributed by atoms with Gasteiger partial charge in [-0.25, -0.2) is 10.2 Å². The molecular formula is C13H10N4O3S. The first-order valence-corrected chi connectivity index (χ1v) is 6.38. The lowest BCUT2D eigenvalue weighted by Crippen LogP contribution is -2.11. The van der Waals surface area contributed by atoms with Crippen LogP contribution in [0.25, 0.3) is 22.7 Å².